The summed E-state index contributed by atoms with van der Waals surface area (Å²) in [6, 6.07) is -0.762. The van der Waals surface area contributed by atoms with Gasteiger partial charge in [0.1, 0.15) is 13.2 Å². The number of carbonyl (C=O) groups is 1. The lowest BCUT2D eigenvalue weighted by Gasteiger charge is -2.26. The van der Waals surface area contributed by atoms with Crippen molar-refractivity contribution in [3.63, 3.8) is 0 Å². The fourth-order valence-corrected chi connectivity index (χ4v) is 9.49. The highest BCUT2D eigenvalue weighted by Gasteiger charge is 2.28. The molecule has 388 valence electrons. The van der Waals surface area contributed by atoms with Crippen molar-refractivity contribution in [2.24, 2.45) is 0 Å². The summed E-state index contributed by atoms with van der Waals surface area (Å²) in [5.41, 5.74) is 0. The smallest absolute Gasteiger partial charge is 0.391 e. The second kappa shape index (κ2) is 48.3. The first-order valence-electron chi connectivity index (χ1n) is 28.6. The number of quaternary nitrogens is 1. The van der Waals surface area contributed by atoms with E-state index in [9.17, 15) is 19.4 Å². The Morgan fingerprint density at radius 2 is 0.831 bits per heavy atom. The third-order valence-electron chi connectivity index (χ3n) is 13.3. The van der Waals surface area contributed by atoms with Crippen molar-refractivity contribution < 1.29 is 32.9 Å². The summed E-state index contributed by atoms with van der Waals surface area (Å²) in [6.07, 6.45) is 58.5. The van der Waals surface area contributed by atoms with Crippen molar-refractivity contribution in [2.75, 3.05) is 40.9 Å². The van der Waals surface area contributed by atoms with Crippen LogP contribution >= 0.6 is 7.82 Å². The summed E-state index contributed by atoms with van der Waals surface area (Å²) in [7, 11) is 1.62. The van der Waals surface area contributed by atoms with Gasteiger partial charge in [0.05, 0.1) is 39.9 Å². The number of rotatable bonds is 53. The average Bonchev–Trinajstić information content (AvgIpc) is 3.26. The number of unbranched alkanes of at least 4 members (excludes halogenated alkanes) is 38. The number of amides is 1. The Balaban J connectivity index is 4.02. The standard InChI is InChI=1S/C56H113N2O6P/c1-6-8-10-12-14-16-18-20-21-22-23-24-25-26-27-28-29-30-31-32-33-34-35-36-38-39-41-43-45-47-49-55(59)54(53-64-65(61,62)63-52-51-58(3,4)5)57-56(60)50-48-46-44-42-40-37-19-17-15-13-11-9-7-2/h17,19,54-55,59H,6-16,18,20-53H2,1-5H3,(H-,57,60,61,62)/p+1/b19-17-. The van der Waals surface area contributed by atoms with Gasteiger partial charge in [0, 0.05) is 6.42 Å². The molecule has 0 aromatic rings. The molecule has 0 bridgehead atoms. The van der Waals surface area contributed by atoms with Crippen LogP contribution in [0.4, 0.5) is 0 Å². The molecule has 8 nitrogen and oxygen atoms in total. The number of nitrogens with one attached hydrogen (secondary N) is 1. The molecule has 0 saturated heterocycles. The molecule has 0 heterocycles. The first kappa shape index (κ1) is 64.2. The molecule has 3 N–H and O–H groups in total. The lowest BCUT2D eigenvalue weighted by Crippen LogP contribution is -2.46. The van der Waals surface area contributed by atoms with Crippen molar-refractivity contribution in [1.29, 1.82) is 0 Å². The summed E-state index contributed by atoms with van der Waals surface area (Å²) in [5.74, 6) is -0.150. The quantitative estimate of drug-likeness (QED) is 0.0243. The van der Waals surface area contributed by atoms with Gasteiger partial charge < -0.3 is 19.8 Å². The number of phosphoric ester groups is 1. The average molecular weight is 943 g/mol. The zero-order valence-corrected chi connectivity index (χ0v) is 45.2. The molecule has 0 aliphatic rings. The zero-order valence-electron chi connectivity index (χ0n) is 44.3. The van der Waals surface area contributed by atoms with Crippen LogP contribution in [0, 0.1) is 0 Å². The van der Waals surface area contributed by atoms with E-state index >= 15 is 0 Å². The highest BCUT2D eigenvalue weighted by atomic mass is 31.2. The zero-order chi connectivity index (χ0) is 47.8. The summed E-state index contributed by atoms with van der Waals surface area (Å²) in [5, 5.41) is 14.0. The maximum atomic E-state index is 12.9. The van der Waals surface area contributed by atoms with Gasteiger partial charge in [-0.15, -0.1) is 0 Å². The molecule has 0 saturated carbocycles. The van der Waals surface area contributed by atoms with Crippen molar-refractivity contribution in [3.8, 4) is 0 Å². The molecule has 0 rings (SSSR count). The van der Waals surface area contributed by atoms with Gasteiger partial charge in [-0.25, -0.2) is 4.57 Å². The first-order chi connectivity index (χ1) is 31.5. The van der Waals surface area contributed by atoms with E-state index in [-0.39, 0.29) is 19.1 Å². The number of hydrogen-bond donors (Lipinski definition) is 3. The van der Waals surface area contributed by atoms with Crippen molar-refractivity contribution >= 4 is 13.7 Å². The Kier molecular flexibility index (Phi) is 47.7. The van der Waals surface area contributed by atoms with Crippen LogP contribution in [0.1, 0.15) is 290 Å². The number of phosphoric acid groups is 1. The Bertz CT molecular complexity index is 1070. The molecule has 9 heteroatoms. The Morgan fingerprint density at radius 3 is 1.20 bits per heavy atom. The van der Waals surface area contributed by atoms with Gasteiger partial charge in [-0.3, -0.25) is 13.8 Å². The SMILES string of the molecule is CCCCCC/C=C\CCCCCCCC(=O)NC(COP(=O)(O)OCC[N+](C)(C)C)C(O)CCCCCCCCCCCCCCCCCCCCCCCCCCCCCCCC. The van der Waals surface area contributed by atoms with Gasteiger partial charge in [0.2, 0.25) is 5.91 Å². The molecule has 0 aromatic carbocycles. The molecule has 0 fully saturated rings. The van der Waals surface area contributed by atoms with Gasteiger partial charge in [-0.1, -0.05) is 257 Å². The summed E-state index contributed by atoms with van der Waals surface area (Å²) < 4.78 is 23.7. The van der Waals surface area contributed by atoms with Crippen molar-refractivity contribution in [1.82, 2.24) is 5.32 Å². The second-order valence-electron chi connectivity index (χ2n) is 21.0. The van der Waals surface area contributed by atoms with E-state index in [1.807, 2.05) is 21.1 Å². The van der Waals surface area contributed by atoms with Crippen LogP contribution in [0.5, 0.6) is 0 Å². The second-order valence-corrected chi connectivity index (χ2v) is 22.5. The Morgan fingerprint density at radius 1 is 0.508 bits per heavy atom. The van der Waals surface area contributed by atoms with Gasteiger partial charge in [0.25, 0.3) is 0 Å². The van der Waals surface area contributed by atoms with E-state index in [1.165, 1.54) is 212 Å². The third kappa shape index (κ3) is 50.9. The van der Waals surface area contributed by atoms with Crippen LogP contribution in [0.15, 0.2) is 12.2 Å². The molecule has 0 aliphatic carbocycles. The van der Waals surface area contributed by atoms with E-state index in [2.05, 4.69) is 31.3 Å². The fraction of sp³-hybridized carbons (Fsp3) is 0.946. The summed E-state index contributed by atoms with van der Waals surface area (Å²) in [4.78, 5) is 23.2. The van der Waals surface area contributed by atoms with E-state index in [4.69, 9.17) is 9.05 Å². The van der Waals surface area contributed by atoms with E-state index < -0.39 is 20.0 Å². The number of aliphatic hydroxyl groups excluding tert-OH is 1. The van der Waals surface area contributed by atoms with Crippen LogP contribution in [0.3, 0.4) is 0 Å². The van der Waals surface area contributed by atoms with Gasteiger partial charge >= 0.3 is 7.82 Å². The number of carbonyl (C=O) groups excluding carboxylic acids is 1. The lowest BCUT2D eigenvalue weighted by molar-refractivity contribution is -0.870. The lowest BCUT2D eigenvalue weighted by atomic mass is 10.0. The minimum Gasteiger partial charge on any atom is -0.391 e. The van der Waals surface area contributed by atoms with Gasteiger partial charge in [0.15, 0.2) is 0 Å². The monoisotopic (exact) mass is 942 g/mol. The topological polar surface area (TPSA) is 105 Å². The Hall–Kier alpha value is -0.760. The Labute approximate surface area is 405 Å². The minimum absolute atomic E-state index is 0.0753. The van der Waals surface area contributed by atoms with Crippen LogP contribution in [0.2, 0.25) is 0 Å². The van der Waals surface area contributed by atoms with Crippen LogP contribution < -0.4 is 5.32 Å². The maximum Gasteiger partial charge on any atom is 0.472 e. The molecule has 3 unspecified atom stereocenters. The highest BCUT2D eigenvalue weighted by molar-refractivity contribution is 7.47. The molecular weight excluding hydrogens is 828 g/mol. The number of allylic oxidation sites excluding steroid dienone is 2. The van der Waals surface area contributed by atoms with Crippen molar-refractivity contribution in [3.05, 3.63) is 12.2 Å². The van der Waals surface area contributed by atoms with Crippen molar-refractivity contribution in [2.45, 2.75) is 302 Å². The molecule has 3 atom stereocenters. The number of aliphatic hydroxyl groups is 1. The van der Waals surface area contributed by atoms with Crippen LogP contribution in [-0.4, -0.2) is 73.4 Å². The molecule has 65 heavy (non-hydrogen) atoms. The molecule has 1 amide bonds. The number of hydrogen-bond acceptors (Lipinski definition) is 5. The molecule has 0 aromatic heterocycles. The predicted octanol–water partition coefficient (Wildman–Crippen LogP) is 17.0. The molecule has 0 aliphatic heterocycles. The highest BCUT2D eigenvalue weighted by Crippen LogP contribution is 2.43. The normalized spacial score (nSPS) is 14.0. The molecule has 0 radical (unpaired) electrons. The number of likely N-dealkylation sites (N-methyl/N-ethyl adjacent to an activating group) is 1. The maximum absolute atomic E-state index is 12.9. The first-order valence-corrected chi connectivity index (χ1v) is 30.0. The largest absolute Gasteiger partial charge is 0.472 e. The van der Waals surface area contributed by atoms with Crippen LogP contribution in [-0.2, 0) is 18.4 Å². The third-order valence-corrected chi connectivity index (χ3v) is 14.2. The number of nitrogens with zero attached hydrogens (tertiary/aromatic N) is 1. The van der Waals surface area contributed by atoms with E-state index in [0.717, 1.165) is 51.4 Å². The molecular formula is C56H114N2O6P+. The molecule has 0 spiro atoms. The fourth-order valence-electron chi connectivity index (χ4n) is 8.75. The minimum atomic E-state index is -4.32. The van der Waals surface area contributed by atoms with Crippen LogP contribution in [0.25, 0.3) is 0 Å². The van der Waals surface area contributed by atoms with Gasteiger partial charge in [-0.05, 0) is 38.5 Å². The van der Waals surface area contributed by atoms with E-state index in [1.54, 1.807) is 0 Å². The summed E-state index contributed by atoms with van der Waals surface area (Å²) >= 11 is 0. The van der Waals surface area contributed by atoms with E-state index in [0.29, 0.717) is 23.9 Å². The predicted molar refractivity (Wildman–Crippen MR) is 282 cm³/mol. The van der Waals surface area contributed by atoms with Gasteiger partial charge in [-0.2, -0.15) is 0 Å². The summed E-state index contributed by atoms with van der Waals surface area (Å²) in [6.45, 7) is 4.90.